The van der Waals surface area contributed by atoms with Gasteiger partial charge < -0.3 is 5.32 Å². The van der Waals surface area contributed by atoms with Gasteiger partial charge in [-0.3, -0.25) is 14.5 Å². The van der Waals surface area contributed by atoms with Crippen LogP contribution in [0.4, 0.5) is 22.0 Å². The zero-order chi connectivity index (χ0) is 28.4. The molecule has 1 atom stereocenters. The van der Waals surface area contributed by atoms with E-state index in [1.807, 2.05) is 0 Å². The highest BCUT2D eigenvalue weighted by molar-refractivity contribution is 5.77. The van der Waals surface area contributed by atoms with Gasteiger partial charge in [0.25, 0.3) is 0 Å². The lowest BCUT2D eigenvalue weighted by molar-refractivity contribution is -0.142. The van der Waals surface area contributed by atoms with Gasteiger partial charge in [0.15, 0.2) is 5.69 Å². The number of aryl methyl sites for hydroxylation is 1. The third-order valence-electron chi connectivity index (χ3n) is 7.00. The summed E-state index contributed by atoms with van der Waals surface area (Å²) in [7, 11) is 0. The lowest BCUT2D eigenvalue weighted by Gasteiger charge is -2.22. The van der Waals surface area contributed by atoms with Crippen molar-refractivity contribution in [1.29, 1.82) is 0 Å². The Morgan fingerprint density at radius 2 is 1.82 bits per heavy atom. The molecule has 208 valence electrons. The number of pyridine rings is 1. The molecule has 2 aromatic heterocycles. The first-order valence-corrected chi connectivity index (χ1v) is 13.0. The van der Waals surface area contributed by atoms with Crippen molar-refractivity contribution in [3.05, 3.63) is 106 Å². The largest absolute Gasteiger partial charge is 0.435 e. The lowest BCUT2D eigenvalue weighted by atomic mass is 9.94. The summed E-state index contributed by atoms with van der Waals surface area (Å²) >= 11 is 0. The van der Waals surface area contributed by atoms with E-state index in [4.69, 9.17) is 0 Å². The van der Waals surface area contributed by atoms with E-state index in [0.717, 1.165) is 4.68 Å². The number of rotatable bonds is 7. The zero-order valence-electron chi connectivity index (χ0n) is 21.7. The Bertz CT molecular complexity index is 1530. The van der Waals surface area contributed by atoms with Crippen molar-refractivity contribution in [3.63, 3.8) is 0 Å². The second-order valence-electron chi connectivity index (χ2n) is 10.0. The smallest absolute Gasteiger partial charge is 0.346 e. The van der Waals surface area contributed by atoms with Gasteiger partial charge in [0.2, 0.25) is 5.91 Å². The summed E-state index contributed by atoms with van der Waals surface area (Å²) < 4.78 is 70.4. The summed E-state index contributed by atoms with van der Waals surface area (Å²) in [6, 6.07) is 13.1. The summed E-state index contributed by atoms with van der Waals surface area (Å²) in [5.41, 5.74) is 2.43. The topological polar surface area (TPSA) is 59.8 Å². The molecular formula is C30H27F5N4O. The van der Waals surface area contributed by atoms with Crippen molar-refractivity contribution >= 4 is 5.91 Å². The minimum atomic E-state index is -4.62. The normalized spacial score (nSPS) is 14.1. The molecule has 40 heavy (non-hydrogen) atoms. The Labute approximate surface area is 228 Å². The van der Waals surface area contributed by atoms with Crippen LogP contribution in [0.1, 0.15) is 52.7 Å². The van der Waals surface area contributed by atoms with Crippen LogP contribution in [0, 0.1) is 18.6 Å². The number of nitrogens with zero attached hydrogens (tertiary/aromatic N) is 3. The average molecular weight is 555 g/mol. The van der Waals surface area contributed by atoms with Crippen LogP contribution in [0.15, 0.2) is 60.8 Å². The van der Waals surface area contributed by atoms with Crippen molar-refractivity contribution < 1.29 is 26.7 Å². The molecule has 1 N–H and O–H groups in total. The molecule has 2 heterocycles. The highest BCUT2D eigenvalue weighted by atomic mass is 19.4. The first-order valence-electron chi connectivity index (χ1n) is 13.0. The maximum atomic E-state index is 14.2. The predicted molar refractivity (Wildman–Crippen MR) is 139 cm³/mol. The van der Waals surface area contributed by atoms with Gasteiger partial charge in [0, 0.05) is 23.0 Å². The van der Waals surface area contributed by atoms with E-state index < -0.39 is 42.0 Å². The van der Waals surface area contributed by atoms with Gasteiger partial charge in [-0.15, -0.1) is 0 Å². The van der Waals surface area contributed by atoms with Crippen LogP contribution in [0.25, 0.3) is 11.1 Å². The molecule has 10 heteroatoms. The molecule has 1 aliphatic carbocycles. The van der Waals surface area contributed by atoms with Gasteiger partial charge in [-0.05, 0) is 86.1 Å². The summed E-state index contributed by atoms with van der Waals surface area (Å²) in [6.45, 7) is 1.33. The first-order chi connectivity index (χ1) is 19.1. The number of halogens is 5. The molecule has 0 bridgehead atoms. The Morgan fingerprint density at radius 1 is 1.02 bits per heavy atom. The fourth-order valence-electron chi connectivity index (χ4n) is 5.38. The number of carbonyl (C=O) groups excluding carboxylic acids is 1. The fraction of sp³-hybridized carbons (Fsp3) is 0.300. The molecule has 5 rings (SSSR count). The number of benzene rings is 2. The average Bonchev–Trinajstić information content (AvgIpc) is 3.27. The van der Waals surface area contributed by atoms with Gasteiger partial charge in [0.1, 0.15) is 18.2 Å². The maximum Gasteiger partial charge on any atom is 0.435 e. The Kier molecular flexibility index (Phi) is 7.69. The Balaban J connectivity index is 1.50. The number of nitrogens with one attached hydrogen (secondary N) is 1. The van der Waals surface area contributed by atoms with Crippen LogP contribution >= 0.6 is 0 Å². The number of fused-ring (bicyclic) bond motifs is 1. The number of hydrogen-bond donors (Lipinski definition) is 1. The fourth-order valence-corrected chi connectivity index (χ4v) is 5.38. The third-order valence-corrected chi connectivity index (χ3v) is 7.00. The molecule has 0 saturated heterocycles. The minimum absolute atomic E-state index is 0.148. The van der Waals surface area contributed by atoms with Crippen LogP contribution in [-0.2, 0) is 36.8 Å². The summed E-state index contributed by atoms with van der Waals surface area (Å²) in [4.78, 5) is 17.8. The molecule has 4 aromatic rings. The number of carbonyl (C=O) groups is 1. The van der Waals surface area contributed by atoms with Crippen LogP contribution in [0.5, 0.6) is 0 Å². The number of amides is 1. The summed E-state index contributed by atoms with van der Waals surface area (Å²) in [6.07, 6.45) is -0.924. The minimum Gasteiger partial charge on any atom is -0.346 e. The monoisotopic (exact) mass is 554 g/mol. The molecule has 1 aliphatic rings. The molecule has 0 radical (unpaired) electrons. The highest BCUT2D eigenvalue weighted by Crippen LogP contribution is 2.36. The third kappa shape index (κ3) is 6.05. The van der Waals surface area contributed by atoms with Crippen molar-refractivity contribution in [2.75, 3.05) is 0 Å². The van der Waals surface area contributed by atoms with Gasteiger partial charge in [-0.2, -0.15) is 18.3 Å². The van der Waals surface area contributed by atoms with E-state index in [1.165, 1.54) is 30.5 Å². The van der Waals surface area contributed by atoms with Gasteiger partial charge in [0.05, 0.1) is 11.7 Å². The molecule has 1 amide bonds. The summed E-state index contributed by atoms with van der Waals surface area (Å²) in [5, 5.41) is 6.68. The maximum absolute atomic E-state index is 14.2. The van der Waals surface area contributed by atoms with E-state index in [2.05, 4.69) is 15.4 Å². The first kappa shape index (κ1) is 27.5. The van der Waals surface area contributed by atoms with E-state index in [-0.39, 0.29) is 18.4 Å². The second-order valence-corrected chi connectivity index (χ2v) is 10.0. The molecule has 0 aliphatic heterocycles. The number of hydrogen-bond acceptors (Lipinski definition) is 3. The quantitative estimate of drug-likeness (QED) is 0.264. The Morgan fingerprint density at radius 3 is 2.58 bits per heavy atom. The summed E-state index contributed by atoms with van der Waals surface area (Å²) in [5.74, 6) is -1.45. The van der Waals surface area contributed by atoms with Gasteiger partial charge in [-0.1, -0.05) is 24.3 Å². The lowest BCUT2D eigenvalue weighted by Crippen LogP contribution is -2.34. The van der Waals surface area contributed by atoms with E-state index in [0.29, 0.717) is 52.9 Å². The standard InChI is InChI=1S/C30H27F5N4O/c1-18-12-19(14-22(32)13-18)15-25(28-23(9-5-11-36-28)20-6-4-7-21(31)16-20)37-27(40)17-39-26-10-3-2-8-24(26)29(38-39)30(33,34)35/h4-7,9,11-14,16,25H,2-3,8,10,15,17H2,1H3,(H,37,40)/t25-/m0/s1. The van der Waals surface area contributed by atoms with Gasteiger partial charge >= 0.3 is 6.18 Å². The van der Waals surface area contributed by atoms with Crippen LogP contribution in [0.3, 0.4) is 0 Å². The second kappa shape index (κ2) is 11.2. The highest BCUT2D eigenvalue weighted by Gasteiger charge is 2.39. The van der Waals surface area contributed by atoms with Crippen molar-refractivity contribution in [1.82, 2.24) is 20.1 Å². The SMILES string of the molecule is Cc1cc(F)cc(C[C@H](NC(=O)Cn2nc(C(F)(F)F)c3c2CCCC3)c2ncccc2-c2cccc(F)c2)c1. The van der Waals surface area contributed by atoms with E-state index in [1.54, 1.807) is 37.3 Å². The molecule has 2 aromatic carbocycles. The number of alkyl halides is 3. The molecule has 5 nitrogen and oxygen atoms in total. The molecule has 0 saturated carbocycles. The predicted octanol–water partition coefficient (Wildman–Crippen LogP) is 6.53. The van der Waals surface area contributed by atoms with Gasteiger partial charge in [-0.25, -0.2) is 8.78 Å². The van der Waals surface area contributed by atoms with E-state index >= 15 is 0 Å². The van der Waals surface area contributed by atoms with Crippen LogP contribution in [-0.4, -0.2) is 20.7 Å². The van der Waals surface area contributed by atoms with Crippen molar-refractivity contribution in [2.24, 2.45) is 0 Å². The van der Waals surface area contributed by atoms with Crippen LogP contribution in [0.2, 0.25) is 0 Å². The molecule has 0 spiro atoms. The van der Waals surface area contributed by atoms with E-state index in [9.17, 15) is 26.7 Å². The van der Waals surface area contributed by atoms with Crippen LogP contribution < -0.4 is 5.32 Å². The molecular weight excluding hydrogens is 527 g/mol. The zero-order valence-corrected chi connectivity index (χ0v) is 21.7. The number of aromatic nitrogens is 3. The molecule has 0 fully saturated rings. The van der Waals surface area contributed by atoms with Crippen molar-refractivity contribution in [3.8, 4) is 11.1 Å². The molecule has 0 unspecified atom stereocenters. The Hall–Kier alpha value is -4.08. The van der Waals surface area contributed by atoms with Crippen molar-refractivity contribution in [2.45, 2.75) is 57.8 Å².